The van der Waals surface area contributed by atoms with Gasteiger partial charge >= 0.3 is 0 Å². The smallest absolute Gasteiger partial charge is 0.228 e. The molecule has 5 heteroatoms. The summed E-state index contributed by atoms with van der Waals surface area (Å²) in [6.45, 7) is 4.48. The van der Waals surface area contributed by atoms with E-state index in [9.17, 15) is 9.18 Å². The van der Waals surface area contributed by atoms with Crippen LogP contribution < -0.4 is 5.32 Å². The number of halogens is 2. The van der Waals surface area contributed by atoms with Crippen molar-refractivity contribution in [2.24, 2.45) is 11.8 Å². The molecule has 1 N–H and O–H groups in total. The van der Waals surface area contributed by atoms with Crippen LogP contribution in [0.25, 0.3) is 0 Å². The second-order valence-electron chi connectivity index (χ2n) is 5.65. The predicted octanol–water partition coefficient (Wildman–Crippen LogP) is 2.38. The summed E-state index contributed by atoms with van der Waals surface area (Å²) in [6.07, 6.45) is 0.993. The lowest BCUT2D eigenvalue weighted by atomic mass is 9.94. The number of nitrogens with one attached hydrogen (secondary N) is 1. The molecule has 2 aliphatic rings. The second kappa shape index (κ2) is 6.10. The van der Waals surface area contributed by atoms with Crippen molar-refractivity contribution in [3.8, 4) is 0 Å². The maximum atomic E-state index is 13.4. The number of carbonyl (C=O) groups excluding carboxylic acids is 1. The molecule has 0 bridgehead atoms. The molecule has 3 rings (SSSR count). The van der Waals surface area contributed by atoms with Crippen LogP contribution in [-0.2, 0) is 4.79 Å². The van der Waals surface area contributed by atoms with Crippen molar-refractivity contribution in [1.29, 1.82) is 0 Å². The molecule has 2 atom stereocenters. The highest BCUT2D eigenvalue weighted by atomic mass is 35.5. The van der Waals surface area contributed by atoms with Crippen LogP contribution >= 0.6 is 12.4 Å². The largest absolute Gasteiger partial charge is 0.335 e. The number of hydrogen-bond donors (Lipinski definition) is 1. The molecule has 1 aromatic rings. The summed E-state index contributed by atoms with van der Waals surface area (Å²) < 4.78 is 13.4. The first-order valence-corrected chi connectivity index (χ1v) is 6.93. The molecule has 2 saturated heterocycles. The Hall–Kier alpha value is -1.13. The first kappa shape index (κ1) is 15.3. The van der Waals surface area contributed by atoms with E-state index in [2.05, 4.69) is 12.2 Å². The summed E-state index contributed by atoms with van der Waals surface area (Å²) in [4.78, 5) is 14.4. The van der Waals surface area contributed by atoms with Crippen molar-refractivity contribution in [3.63, 3.8) is 0 Å². The number of hydrogen-bond acceptors (Lipinski definition) is 2. The summed E-state index contributed by atoms with van der Waals surface area (Å²) in [7, 11) is 0. The van der Waals surface area contributed by atoms with E-state index < -0.39 is 0 Å². The molecule has 2 heterocycles. The van der Waals surface area contributed by atoms with E-state index in [1.165, 1.54) is 6.07 Å². The van der Waals surface area contributed by atoms with Crippen molar-refractivity contribution < 1.29 is 9.18 Å². The van der Waals surface area contributed by atoms with Gasteiger partial charge in [-0.05, 0) is 30.0 Å². The van der Waals surface area contributed by atoms with Crippen molar-refractivity contribution in [2.75, 3.05) is 19.6 Å². The van der Waals surface area contributed by atoms with Crippen LogP contribution in [0.4, 0.5) is 4.39 Å². The van der Waals surface area contributed by atoms with E-state index in [0.717, 1.165) is 31.6 Å². The van der Waals surface area contributed by atoms with Crippen LogP contribution in [0.3, 0.4) is 0 Å². The van der Waals surface area contributed by atoms with Crippen molar-refractivity contribution >= 4 is 18.3 Å². The average molecular weight is 299 g/mol. The third kappa shape index (κ3) is 2.67. The van der Waals surface area contributed by atoms with E-state index >= 15 is 0 Å². The Morgan fingerprint density at radius 3 is 2.75 bits per heavy atom. The standard InChI is InChI=1S/C15H19FN2O.ClH/c1-10-5-6-18(15(19)12-8-17-9-12)14(10)11-3-2-4-13(16)7-11;/h2-4,7,10,12,14,17H,5-6,8-9H2,1H3;1H. The van der Waals surface area contributed by atoms with E-state index in [0.29, 0.717) is 5.92 Å². The Balaban J connectivity index is 0.00000147. The Labute approximate surface area is 124 Å². The van der Waals surface area contributed by atoms with Crippen LogP contribution in [0.15, 0.2) is 24.3 Å². The van der Waals surface area contributed by atoms with Gasteiger partial charge in [-0.1, -0.05) is 19.1 Å². The molecule has 2 aliphatic heterocycles. The van der Waals surface area contributed by atoms with Gasteiger partial charge in [0.05, 0.1) is 12.0 Å². The van der Waals surface area contributed by atoms with Gasteiger partial charge in [0.25, 0.3) is 0 Å². The number of rotatable bonds is 2. The molecule has 110 valence electrons. The van der Waals surface area contributed by atoms with Gasteiger partial charge in [-0.15, -0.1) is 12.4 Å². The number of benzene rings is 1. The minimum atomic E-state index is -0.227. The lowest BCUT2D eigenvalue weighted by molar-refractivity contribution is -0.138. The molecule has 0 saturated carbocycles. The van der Waals surface area contributed by atoms with Crippen molar-refractivity contribution in [1.82, 2.24) is 10.2 Å². The lowest BCUT2D eigenvalue weighted by Crippen LogP contribution is -2.52. The Morgan fingerprint density at radius 1 is 1.40 bits per heavy atom. The molecule has 1 amide bonds. The van der Waals surface area contributed by atoms with E-state index in [1.54, 1.807) is 12.1 Å². The quantitative estimate of drug-likeness (QED) is 0.909. The normalized spacial score (nSPS) is 26.0. The third-order valence-electron chi connectivity index (χ3n) is 4.30. The molecule has 2 unspecified atom stereocenters. The summed E-state index contributed by atoms with van der Waals surface area (Å²) in [6, 6.07) is 6.69. The van der Waals surface area contributed by atoms with Gasteiger partial charge in [-0.25, -0.2) is 4.39 Å². The monoisotopic (exact) mass is 298 g/mol. The lowest BCUT2D eigenvalue weighted by Gasteiger charge is -2.34. The maximum absolute atomic E-state index is 13.4. The zero-order valence-electron chi connectivity index (χ0n) is 11.5. The molecule has 3 nitrogen and oxygen atoms in total. The molecule has 2 fully saturated rings. The highest BCUT2D eigenvalue weighted by Crippen LogP contribution is 2.38. The van der Waals surface area contributed by atoms with E-state index in [-0.39, 0.29) is 36.1 Å². The fourth-order valence-electron chi connectivity index (χ4n) is 3.09. The van der Waals surface area contributed by atoms with Gasteiger partial charge in [0.2, 0.25) is 5.91 Å². The van der Waals surface area contributed by atoms with Crippen LogP contribution in [0.1, 0.15) is 24.9 Å². The van der Waals surface area contributed by atoms with Gasteiger partial charge in [-0.2, -0.15) is 0 Å². The molecule has 20 heavy (non-hydrogen) atoms. The minimum Gasteiger partial charge on any atom is -0.335 e. The van der Waals surface area contributed by atoms with Crippen LogP contribution in [0, 0.1) is 17.7 Å². The minimum absolute atomic E-state index is 0. The fourth-order valence-corrected chi connectivity index (χ4v) is 3.09. The first-order valence-electron chi connectivity index (χ1n) is 6.93. The summed E-state index contributed by atoms with van der Waals surface area (Å²) in [5.41, 5.74) is 0.922. The summed E-state index contributed by atoms with van der Waals surface area (Å²) in [5, 5.41) is 3.13. The SMILES string of the molecule is CC1CCN(C(=O)C2CNC2)C1c1cccc(F)c1.Cl. The zero-order chi connectivity index (χ0) is 13.4. The van der Waals surface area contributed by atoms with Crippen molar-refractivity contribution in [2.45, 2.75) is 19.4 Å². The van der Waals surface area contributed by atoms with Gasteiger partial charge in [0.1, 0.15) is 5.82 Å². The van der Waals surface area contributed by atoms with Gasteiger partial charge in [-0.3, -0.25) is 4.79 Å². The molecule has 0 radical (unpaired) electrons. The zero-order valence-corrected chi connectivity index (χ0v) is 12.3. The molecule has 0 aromatic heterocycles. The topological polar surface area (TPSA) is 32.3 Å². The number of nitrogens with zero attached hydrogens (tertiary/aromatic N) is 1. The van der Waals surface area contributed by atoms with Crippen LogP contribution in [0.2, 0.25) is 0 Å². The highest BCUT2D eigenvalue weighted by molar-refractivity contribution is 5.85. The van der Waals surface area contributed by atoms with E-state index in [1.807, 2.05) is 11.0 Å². The molecule has 0 spiro atoms. The van der Waals surface area contributed by atoms with Gasteiger partial charge < -0.3 is 10.2 Å². The maximum Gasteiger partial charge on any atom is 0.228 e. The fraction of sp³-hybridized carbons (Fsp3) is 0.533. The Bertz CT molecular complexity index is 493. The Morgan fingerprint density at radius 2 is 2.15 bits per heavy atom. The predicted molar refractivity (Wildman–Crippen MR) is 78.2 cm³/mol. The molecular formula is C15H20ClFN2O. The molecule has 0 aliphatic carbocycles. The summed E-state index contributed by atoms with van der Waals surface area (Å²) in [5.74, 6) is 0.492. The highest BCUT2D eigenvalue weighted by Gasteiger charge is 2.39. The molecule has 1 aromatic carbocycles. The van der Waals surface area contributed by atoms with Gasteiger partial charge in [0, 0.05) is 19.6 Å². The number of amides is 1. The Kier molecular flexibility index (Phi) is 4.66. The third-order valence-corrected chi connectivity index (χ3v) is 4.30. The second-order valence-corrected chi connectivity index (χ2v) is 5.65. The van der Waals surface area contributed by atoms with E-state index in [4.69, 9.17) is 0 Å². The molecular weight excluding hydrogens is 279 g/mol. The average Bonchev–Trinajstić information content (AvgIpc) is 2.68. The number of carbonyl (C=O) groups is 1. The van der Waals surface area contributed by atoms with Crippen LogP contribution in [0.5, 0.6) is 0 Å². The summed E-state index contributed by atoms with van der Waals surface area (Å²) >= 11 is 0. The van der Waals surface area contributed by atoms with Crippen LogP contribution in [-0.4, -0.2) is 30.4 Å². The van der Waals surface area contributed by atoms with Crippen molar-refractivity contribution in [3.05, 3.63) is 35.6 Å². The first-order chi connectivity index (χ1) is 9.16. The van der Waals surface area contributed by atoms with Gasteiger partial charge in [0.15, 0.2) is 0 Å². The number of likely N-dealkylation sites (tertiary alicyclic amines) is 1.